The molecule has 2 N–H and O–H groups in total. The summed E-state index contributed by atoms with van der Waals surface area (Å²) >= 11 is 0. The van der Waals surface area contributed by atoms with Gasteiger partial charge in [0, 0.05) is 30.3 Å². The number of carbonyl (C=O) groups excluding carboxylic acids is 1. The van der Waals surface area contributed by atoms with Crippen molar-refractivity contribution in [1.82, 2.24) is 9.97 Å². The van der Waals surface area contributed by atoms with Gasteiger partial charge in [-0.2, -0.15) is 18.4 Å². The van der Waals surface area contributed by atoms with Crippen LogP contribution in [0.1, 0.15) is 58.2 Å². The van der Waals surface area contributed by atoms with Crippen LogP contribution in [0.4, 0.5) is 30.5 Å². The summed E-state index contributed by atoms with van der Waals surface area (Å²) < 4.78 is 54.9. The number of nitrogens with one attached hydrogen (secondary N) is 2. The minimum Gasteiger partial charge on any atom is -0.489 e. The Morgan fingerprint density at radius 2 is 1.89 bits per heavy atom. The molecule has 0 saturated carbocycles. The Morgan fingerprint density at radius 3 is 2.52 bits per heavy atom. The summed E-state index contributed by atoms with van der Waals surface area (Å²) in [5.74, 6) is -1.68. The van der Waals surface area contributed by atoms with Crippen LogP contribution in [-0.2, 0) is 26.0 Å². The number of hydrogen-bond acceptors (Lipinski definition) is 9. The molecule has 2 aromatic carbocycles. The molecule has 46 heavy (non-hydrogen) atoms. The minimum absolute atomic E-state index is 0.0509. The molecule has 9 nitrogen and oxygen atoms in total. The lowest BCUT2D eigenvalue weighted by Crippen LogP contribution is -2.45. The van der Waals surface area contributed by atoms with E-state index >= 15 is 0 Å². The fourth-order valence-corrected chi connectivity index (χ4v) is 5.77. The van der Waals surface area contributed by atoms with Crippen molar-refractivity contribution in [3.63, 3.8) is 0 Å². The monoisotopic (exact) mass is 655 g/mol. The van der Waals surface area contributed by atoms with Gasteiger partial charge in [0.25, 0.3) is 0 Å². The van der Waals surface area contributed by atoms with Crippen LogP contribution in [0.25, 0.3) is 11.3 Å². The van der Waals surface area contributed by atoms with Crippen molar-refractivity contribution in [3.05, 3.63) is 59.3 Å². The second-order valence-electron chi connectivity index (χ2n) is 13.5. The molecule has 246 valence electrons. The van der Waals surface area contributed by atoms with E-state index in [2.05, 4.69) is 67.2 Å². The van der Waals surface area contributed by atoms with Crippen LogP contribution in [0.5, 0.6) is 5.75 Å². The summed E-state index contributed by atoms with van der Waals surface area (Å²) in [6.45, 7) is 17.4. The first-order valence-electron chi connectivity index (χ1n) is 14.9. The van der Waals surface area contributed by atoms with Crippen molar-refractivity contribution in [2.24, 2.45) is 0 Å². The SMILES string of the molecule is CC(C)Oc1ccc(COC(=O)C(F)(F)F)cc1Nc1nccc(-c2cc(C#N)c3c(c2)[C@@](C)(CO[Si](C)(C)C(C)(C)C)CN3)n1. The zero-order chi connectivity index (χ0) is 34.1. The third-order valence-electron chi connectivity index (χ3n) is 8.33. The number of fused-ring (bicyclic) bond motifs is 1. The summed E-state index contributed by atoms with van der Waals surface area (Å²) in [4.78, 5) is 20.3. The molecule has 13 heteroatoms. The molecule has 1 atom stereocenters. The van der Waals surface area contributed by atoms with E-state index in [1.165, 1.54) is 12.1 Å². The number of alkyl halides is 3. The molecule has 1 aliphatic heterocycles. The van der Waals surface area contributed by atoms with Crippen molar-refractivity contribution in [2.75, 3.05) is 23.8 Å². The van der Waals surface area contributed by atoms with E-state index in [1.54, 1.807) is 24.4 Å². The molecule has 4 rings (SSSR count). The van der Waals surface area contributed by atoms with Gasteiger partial charge in [0.05, 0.1) is 28.7 Å². The van der Waals surface area contributed by atoms with E-state index < -0.39 is 27.1 Å². The van der Waals surface area contributed by atoms with Gasteiger partial charge in [0.1, 0.15) is 18.4 Å². The molecule has 0 fully saturated rings. The van der Waals surface area contributed by atoms with Gasteiger partial charge in [-0.15, -0.1) is 0 Å². The molecule has 0 saturated heterocycles. The van der Waals surface area contributed by atoms with Crippen LogP contribution >= 0.6 is 0 Å². The van der Waals surface area contributed by atoms with Crippen molar-refractivity contribution in [2.45, 2.75) is 84.0 Å². The van der Waals surface area contributed by atoms with E-state index in [-0.39, 0.29) is 22.5 Å². The first-order chi connectivity index (χ1) is 21.3. The lowest BCUT2D eigenvalue weighted by molar-refractivity contribution is -0.201. The Bertz CT molecular complexity index is 1650. The average Bonchev–Trinajstić information content (AvgIpc) is 3.31. The number of benzene rings is 2. The number of hydrogen-bond donors (Lipinski definition) is 2. The number of anilines is 3. The highest BCUT2D eigenvalue weighted by Gasteiger charge is 2.43. The number of ether oxygens (including phenoxy) is 2. The van der Waals surface area contributed by atoms with Crippen LogP contribution in [0, 0.1) is 11.3 Å². The summed E-state index contributed by atoms with van der Waals surface area (Å²) in [5, 5.41) is 16.6. The van der Waals surface area contributed by atoms with Gasteiger partial charge in [-0.1, -0.05) is 33.8 Å². The number of esters is 1. The van der Waals surface area contributed by atoms with Crippen molar-refractivity contribution < 1.29 is 31.9 Å². The van der Waals surface area contributed by atoms with Crippen LogP contribution in [-0.4, -0.2) is 49.7 Å². The second-order valence-corrected chi connectivity index (χ2v) is 18.3. The molecule has 0 amide bonds. The van der Waals surface area contributed by atoms with Crippen molar-refractivity contribution in [3.8, 4) is 23.1 Å². The highest BCUT2D eigenvalue weighted by Crippen LogP contribution is 2.44. The molecular weight excluding hydrogens is 615 g/mol. The fraction of sp³-hybridized carbons (Fsp3) is 0.455. The van der Waals surface area contributed by atoms with E-state index in [0.717, 1.165) is 16.8 Å². The average molecular weight is 656 g/mol. The summed E-state index contributed by atoms with van der Waals surface area (Å²) in [6.07, 6.45) is -3.73. The Morgan fingerprint density at radius 1 is 1.17 bits per heavy atom. The number of rotatable bonds is 10. The Kier molecular flexibility index (Phi) is 9.75. The van der Waals surface area contributed by atoms with E-state index in [4.69, 9.17) is 14.1 Å². The first-order valence-corrected chi connectivity index (χ1v) is 17.8. The predicted molar refractivity (Wildman–Crippen MR) is 173 cm³/mol. The number of nitriles is 1. The molecule has 1 aromatic heterocycles. The topological polar surface area (TPSA) is 118 Å². The second kappa shape index (κ2) is 12.9. The first kappa shape index (κ1) is 34.7. The van der Waals surface area contributed by atoms with Gasteiger partial charge >= 0.3 is 12.1 Å². The maximum Gasteiger partial charge on any atom is 0.490 e. The Hall–Kier alpha value is -4.15. The fourth-order valence-electron chi connectivity index (χ4n) is 4.66. The zero-order valence-electron chi connectivity index (χ0n) is 27.3. The Labute approximate surface area is 268 Å². The standard InChI is InChI=1S/C33H40F3N5O4Si/c1-20(2)45-27-10-9-21(17-43-29(42)33(34,35)36)13-26(27)41-30-38-12-11-25(40-30)22-14-23(16-37)28-24(15-22)32(6,18-39-28)19-44-46(7,8)31(3,4)5/h9-15,20,39H,17-19H2,1-8H3,(H,38,40,41)/t32-/m1/s1. The van der Waals surface area contributed by atoms with Crippen LogP contribution < -0.4 is 15.4 Å². The maximum atomic E-state index is 12.6. The van der Waals surface area contributed by atoms with E-state index in [0.29, 0.717) is 41.4 Å². The lowest BCUT2D eigenvalue weighted by Gasteiger charge is -2.39. The third kappa shape index (κ3) is 7.79. The largest absolute Gasteiger partial charge is 0.490 e. The van der Waals surface area contributed by atoms with Crippen molar-refractivity contribution in [1.29, 1.82) is 5.26 Å². The molecular formula is C33H40F3N5O4Si. The Balaban J connectivity index is 1.65. The molecule has 1 aliphatic rings. The van der Waals surface area contributed by atoms with Crippen LogP contribution in [0.15, 0.2) is 42.6 Å². The molecule has 0 radical (unpaired) electrons. The van der Waals surface area contributed by atoms with Gasteiger partial charge in [-0.25, -0.2) is 14.8 Å². The maximum absolute atomic E-state index is 12.6. The third-order valence-corrected chi connectivity index (χ3v) is 12.8. The van der Waals surface area contributed by atoms with Gasteiger partial charge in [-0.05, 0) is 73.4 Å². The molecule has 0 unspecified atom stereocenters. The molecule has 0 aliphatic carbocycles. The smallest absolute Gasteiger partial charge is 0.489 e. The predicted octanol–water partition coefficient (Wildman–Crippen LogP) is 7.86. The van der Waals surface area contributed by atoms with Gasteiger partial charge < -0.3 is 24.5 Å². The van der Waals surface area contributed by atoms with Gasteiger partial charge in [0.2, 0.25) is 5.95 Å². The van der Waals surface area contributed by atoms with E-state index in [1.807, 2.05) is 19.9 Å². The number of carbonyl (C=O) groups is 1. The van der Waals surface area contributed by atoms with Crippen LogP contribution in [0.3, 0.4) is 0 Å². The van der Waals surface area contributed by atoms with Crippen molar-refractivity contribution >= 4 is 31.6 Å². The van der Waals surface area contributed by atoms with E-state index in [9.17, 15) is 23.2 Å². The quantitative estimate of drug-likeness (QED) is 0.166. The molecule has 0 bridgehead atoms. The highest BCUT2D eigenvalue weighted by atomic mass is 28.4. The normalized spacial score (nSPS) is 16.4. The number of aromatic nitrogens is 2. The summed E-state index contributed by atoms with van der Waals surface area (Å²) in [5.41, 5.74) is 3.83. The minimum atomic E-state index is -5.09. The molecule has 2 heterocycles. The highest BCUT2D eigenvalue weighted by molar-refractivity contribution is 6.74. The molecule has 3 aromatic rings. The van der Waals surface area contributed by atoms with Gasteiger partial charge in [-0.3, -0.25) is 0 Å². The van der Waals surface area contributed by atoms with Crippen LogP contribution in [0.2, 0.25) is 18.1 Å². The molecule has 0 spiro atoms. The lowest BCUT2D eigenvalue weighted by atomic mass is 9.83. The van der Waals surface area contributed by atoms with Gasteiger partial charge in [0.15, 0.2) is 8.32 Å². The summed E-state index contributed by atoms with van der Waals surface area (Å²) in [7, 11) is -2.03. The number of halogens is 3. The number of nitrogens with zero attached hydrogens (tertiary/aromatic N) is 3. The zero-order valence-corrected chi connectivity index (χ0v) is 28.3. The summed E-state index contributed by atoms with van der Waals surface area (Å²) in [6, 6.07) is 12.4.